The third-order valence-corrected chi connectivity index (χ3v) is 0. The van der Waals surface area contributed by atoms with Crippen molar-refractivity contribution in [2.45, 2.75) is 13.8 Å². The summed E-state index contributed by atoms with van der Waals surface area (Å²) in [5.41, 5.74) is 0.417. The van der Waals surface area contributed by atoms with Crippen LogP contribution in [0.4, 0.5) is 0 Å². The van der Waals surface area contributed by atoms with Crippen LogP contribution in [0.25, 0.3) is 5.41 Å². The van der Waals surface area contributed by atoms with E-state index in [2.05, 4.69) is 0 Å². The van der Waals surface area contributed by atoms with E-state index in [4.69, 9.17) is 5.41 Å². The van der Waals surface area contributed by atoms with Crippen LogP contribution in [-0.2, 0) is 20.4 Å². The fourth-order valence-electron chi connectivity index (χ4n) is 0. The summed E-state index contributed by atoms with van der Waals surface area (Å²) >= 11 is 0. The molecule has 0 N–H and O–H groups in total. The molecule has 0 amide bonds. The molecular formula is C3H6NRe-. The number of hydrogen-bond acceptors (Lipinski definition) is 0. The predicted molar refractivity (Wildman–Crippen MR) is 19.7 cm³/mol. The molecule has 0 bridgehead atoms. The van der Waals surface area contributed by atoms with Gasteiger partial charge >= 0.3 is 0 Å². The van der Waals surface area contributed by atoms with Crippen molar-refractivity contribution in [1.82, 2.24) is 0 Å². The van der Waals surface area contributed by atoms with E-state index in [0.29, 0.717) is 5.71 Å². The topological polar surface area (TPSA) is 22.3 Å². The first-order valence-electron chi connectivity index (χ1n) is 1.22. The quantitative estimate of drug-likeness (QED) is 0.566. The maximum absolute atomic E-state index is 7.97. The van der Waals surface area contributed by atoms with Crippen molar-refractivity contribution in [3.63, 3.8) is 0 Å². The molecule has 0 aliphatic heterocycles. The zero-order valence-corrected chi connectivity index (χ0v) is 6.04. The van der Waals surface area contributed by atoms with Crippen molar-refractivity contribution >= 4 is 5.71 Å². The number of hydrogen-bond donors (Lipinski definition) is 0. The first kappa shape index (κ1) is 9.01. The molecule has 0 unspecified atom stereocenters. The number of rotatable bonds is 0. The second-order valence-electron chi connectivity index (χ2n) is 0.947. The van der Waals surface area contributed by atoms with E-state index in [1.54, 1.807) is 13.8 Å². The van der Waals surface area contributed by atoms with Gasteiger partial charge in [0.1, 0.15) is 0 Å². The first-order chi connectivity index (χ1) is 1.73. The maximum atomic E-state index is 7.97. The van der Waals surface area contributed by atoms with Gasteiger partial charge in [-0.1, -0.05) is 13.8 Å². The molecule has 31 valence electrons. The summed E-state index contributed by atoms with van der Waals surface area (Å²) in [7, 11) is 0. The van der Waals surface area contributed by atoms with Gasteiger partial charge in [-0.15, -0.1) is 0 Å². The summed E-state index contributed by atoms with van der Waals surface area (Å²) in [6, 6.07) is 0. The van der Waals surface area contributed by atoms with Gasteiger partial charge in [0.25, 0.3) is 0 Å². The fourth-order valence-corrected chi connectivity index (χ4v) is 0. The third kappa shape index (κ3) is 213. The molecule has 0 heterocycles. The molecule has 0 aromatic rings. The maximum Gasteiger partial charge on any atom is 0 e. The van der Waals surface area contributed by atoms with Crippen molar-refractivity contribution in [3.05, 3.63) is 5.41 Å². The summed E-state index contributed by atoms with van der Waals surface area (Å²) < 4.78 is 0. The summed E-state index contributed by atoms with van der Waals surface area (Å²) in [5.74, 6) is 0. The van der Waals surface area contributed by atoms with E-state index in [-0.39, 0.29) is 20.4 Å². The van der Waals surface area contributed by atoms with Crippen LogP contribution in [0.1, 0.15) is 13.8 Å². The minimum absolute atomic E-state index is 0. The van der Waals surface area contributed by atoms with Gasteiger partial charge in [-0.2, -0.15) is 0 Å². The van der Waals surface area contributed by atoms with Crippen molar-refractivity contribution in [1.29, 1.82) is 0 Å². The second-order valence-corrected chi connectivity index (χ2v) is 0.947. The Labute approximate surface area is 45.9 Å². The second kappa shape index (κ2) is 4.33. The Morgan fingerprint density at radius 2 is 1.40 bits per heavy atom. The monoisotopic (exact) mass is 243 g/mol. The number of nitrogens with zero attached hydrogens (tertiary/aromatic N) is 1. The average Bonchev–Trinajstić information content (AvgIpc) is 0.811. The molecule has 0 rings (SSSR count). The third-order valence-electron chi connectivity index (χ3n) is 0. The Kier molecular flexibility index (Phi) is 7.81. The molecule has 0 aliphatic carbocycles. The largest absolute Gasteiger partial charge is 0.812 e. The Bertz CT molecular complexity index is 29.9. The Morgan fingerprint density at radius 1 is 1.40 bits per heavy atom. The standard InChI is InChI=1S/C3H6N.Re/c1-3(2)4;/h1-2H3;/q-1;. The molecule has 0 aliphatic rings. The van der Waals surface area contributed by atoms with Gasteiger partial charge in [0.15, 0.2) is 0 Å². The molecule has 2 heteroatoms. The Balaban J connectivity index is 0. The Hall–Kier alpha value is 0.332. The molecule has 5 heavy (non-hydrogen) atoms. The SMILES string of the molecule is CC(C)=[N-].[Re]. The van der Waals surface area contributed by atoms with E-state index < -0.39 is 0 Å². The minimum Gasteiger partial charge on any atom is -0.812 e. The van der Waals surface area contributed by atoms with Crippen molar-refractivity contribution < 1.29 is 20.4 Å². The molecular weight excluding hydrogens is 236 g/mol. The average molecular weight is 242 g/mol. The van der Waals surface area contributed by atoms with Gasteiger partial charge in [-0.3, -0.25) is 0 Å². The van der Waals surface area contributed by atoms with Gasteiger partial charge in [-0.25, -0.2) is 5.71 Å². The predicted octanol–water partition coefficient (Wildman–Crippen LogP) is 1.03. The smallest absolute Gasteiger partial charge is 0 e. The van der Waals surface area contributed by atoms with Crippen LogP contribution in [0.5, 0.6) is 0 Å². The van der Waals surface area contributed by atoms with Crippen LogP contribution >= 0.6 is 0 Å². The van der Waals surface area contributed by atoms with E-state index in [1.165, 1.54) is 0 Å². The molecule has 0 fully saturated rings. The summed E-state index contributed by atoms with van der Waals surface area (Å²) in [6.07, 6.45) is 0. The summed E-state index contributed by atoms with van der Waals surface area (Å²) in [4.78, 5) is 0. The normalized spacial score (nSPS) is 5.20. The van der Waals surface area contributed by atoms with Crippen LogP contribution in [0.3, 0.4) is 0 Å². The van der Waals surface area contributed by atoms with Gasteiger partial charge in [-0.05, 0) is 0 Å². The van der Waals surface area contributed by atoms with Gasteiger partial charge in [0, 0.05) is 20.4 Å². The van der Waals surface area contributed by atoms with Crippen molar-refractivity contribution in [2.24, 2.45) is 0 Å². The molecule has 1 nitrogen and oxygen atoms in total. The molecule has 0 atom stereocenters. The van der Waals surface area contributed by atoms with Gasteiger partial charge in [0.2, 0.25) is 0 Å². The Morgan fingerprint density at radius 3 is 1.40 bits per heavy atom. The van der Waals surface area contributed by atoms with Crippen molar-refractivity contribution in [2.75, 3.05) is 0 Å². The molecule has 0 saturated heterocycles. The van der Waals surface area contributed by atoms with Gasteiger partial charge < -0.3 is 5.41 Å². The van der Waals surface area contributed by atoms with Gasteiger partial charge in [0.05, 0.1) is 0 Å². The molecule has 0 aromatic carbocycles. The van der Waals surface area contributed by atoms with Crippen LogP contribution < -0.4 is 0 Å². The molecule has 0 aromatic heterocycles. The minimum atomic E-state index is 0. The summed E-state index contributed by atoms with van der Waals surface area (Å²) in [6.45, 7) is 3.28. The summed E-state index contributed by atoms with van der Waals surface area (Å²) in [5, 5.41) is 7.97. The van der Waals surface area contributed by atoms with Crippen LogP contribution in [0.15, 0.2) is 0 Å². The zero-order valence-electron chi connectivity index (χ0n) is 3.33. The van der Waals surface area contributed by atoms with Crippen LogP contribution in [-0.4, -0.2) is 5.71 Å². The first-order valence-corrected chi connectivity index (χ1v) is 1.22. The van der Waals surface area contributed by atoms with Crippen LogP contribution in [0.2, 0.25) is 0 Å². The molecule has 0 spiro atoms. The van der Waals surface area contributed by atoms with Crippen molar-refractivity contribution in [3.8, 4) is 0 Å². The van der Waals surface area contributed by atoms with E-state index in [1.807, 2.05) is 0 Å². The zero-order chi connectivity index (χ0) is 3.58. The molecule has 1 radical (unpaired) electrons. The van der Waals surface area contributed by atoms with E-state index >= 15 is 0 Å². The molecule has 0 saturated carbocycles. The fraction of sp³-hybridized carbons (Fsp3) is 0.667. The van der Waals surface area contributed by atoms with E-state index in [9.17, 15) is 0 Å². The van der Waals surface area contributed by atoms with E-state index in [0.717, 1.165) is 0 Å². The van der Waals surface area contributed by atoms with Crippen LogP contribution in [0, 0.1) is 0 Å².